The highest BCUT2D eigenvalue weighted by Crippen LogP contribution is 2.15. The van der Waals surface area contributed by atoms with Gasteiger partial charge in [0.2, 0.25) is 0 Å². The van der Waals surface area contributed by atoms with Crippen LogP contribution >= 0.6 is 15.9 Å². The zero-order valence-electron chi connectivity index (χ0n) is 8.36. The standard InChI is InChI=1S/C10H9BrF3NO/c1-10(13,14)5-15-9(16)7-3-2-6(11)4-8(7)12/h2-4H,5H2,1H3,(H,15,16). The molecule has 1 N–H and O–H groups in total. The quantitative estimate of drug-likeness (QED) is 0.913. The fourth-order valence-electron chi connectivity index (χ4n) is 1.00. The third-order valence-electron chi connectivity index (χ3n) is 1.74. The van der Waals surface area contributed by atoms with E-state index in [1.807, 2.05) is 5.32 Å². The van der Waals surface area contributed by atoms with E-state index in [9.17, 15) is 18.0 Å². The van der Waals surface area contributed by atoms with Crippen molar-refractivity contribution in [2.75, 3.05) is 6.54 Å². The number of halogens is 4. The van der Waals surface area contributed by atoms with Crippen LogP contribution in [-0.4, -0.2) is 18.4 Å². The van der Waals surface area contributed by atoms with Gasteiger partial charge in [0.25, 0.3) is 11.8 Å². The van der Waals surface area contributed by atoms with Gasteiger partial charge >= 0.3 is 0 Å². The fourth-order valence-corrected chi connectivity index (χ4v) is 1.34. The van der Waals surface area contributed by atoms with E-state index in [0.29, 0.717) is 11.4 Å². The SMILES string of the molecule is CC(F)(F)CNC(=O)c1ccc(Br)cc1F. The Hall–Kier alpha value is -1.04. The summed E-state index contributed by atoms with van der Waals surface area (Å²) >= 11 is 3.02. The van der Waals surface area contributed by atoms with Crippen LogP contribution in [0.1, 0.15) is 17.3 Å². The van der Waals surface area contributed by atoms with Crippen LogP contribution in [0.4, 0.5) is 13.2 Å². The summed E-state index contributed by atoms with van der Waals surface area (Å²) in [5.41, 5.74) is -0.257. The van der Waals surface area contributed by atoms with Crippen molar-refractivity contribution >= 4 is 21.8 Å². The number of alkyl halides is 2. The molecule has 0 atom stereocenters. The highest BCUT2D eigenvalue weighted by molar-refractivity contribution is 9.10. The molecule has 0 aromatic heterocycles. The summed E-state index contributed by atoms with van der Waals surface area (Å²) in [7, 11) is 0. The predicted molar refractivity (Wildman–Crippen MR) is 57.1 cm³/mol. The van der Waals surface area contributed by atoms with Crippen LogP contribution in [0.15, 0.2) is 22.7 Å². The maximum Gasteiger partial charge on any atom is 0.262 e. The number of rotatable bonds is 3. The van der Waals surface area contributed by atoms with Crippen molar-refractivity contribution in [3.8, 4) is 0 Å². The van der Waals surface area contributed by atoms with E-state index in [1.54, 1.807) is 0 Å². The molecule has 1 amide bonds. The molecule has 0 saturated heterocycles. The second kappa shape index (κ2) is 4.86. The topological polar surface area (TPSA) is 29.1 Å². The van der Waals surface area contributed by atoms with Gasteiger partial charge in [0.05, 0.1) is 12.1 Å². The van der Waals surface area contributed by atoms with Crippen LogP contribution in [0.5, 0.6) is 0 Å². The van der Waals surface area contributed by atoms with E-state index < -0.39 is 24.2 Å². The lowest BCUT2D eigenvalue weighted by molar-refractivity contribution is 0.0220. The lowest BCUT2D eigenvalue weighted by Crippen LogP contribution is -2.34. The zero-order valence-corrected chi connectivity index (χ0v) is 9.95. The minimum atomic E-state index is -3.01. The third-order valence-corrected chi connectivity index (χ3v) is 2.23. The lowest BCUT2D eigenvalue weighted by atomic mass is 10.2. The maximum absolute atomic E-state index is 13.2. The Morgan fingerprint density at radius 3 is 2.62 bits per heavy atom. The summed E-state index contributed by atoms with van der Waals surface area (Å²) in [5.74, 6) is -4.63. The second-order valence-corrected chi connectivity index (χ2v) is 4.29. The Balaban J connectivity index is 2.74. The van der Waals surface area contributed by atoms with Gasteiger partial charge in [0.1, 0.15) is 5.82 Å². The molecule has 1 rings (SSSR count). The molecule has 0 heterocycles. The van der Waals surface area contributed by atoms with Gasteiger partial charge in [-0.15, -0.1) is 0 Å². The molecule has 16 heavy (non-hydrogen) atoms. The minimum absolute atomic E-state index is 0.257. The van der Waals surface area contributed by atoms with Crippen molar-refractivity contribution in [3.05, 3.63) is 34.1 Å². The lowest BCUT2D eigenvalue weighted by Gasteiger charge is -2.11. The van der Waals surface area contributed by atoms with E-state index >= 15 is 0 Å². The first-order valence-electron chi connectivity index (χ1n) is 4.41. The van der Waals surface area contributed by atoms with Crippen LogP contribution in [0.25, 0.3) is 0 Å². The van der Waals surface area contributed by atoms with Crippen molar-refractivity contribution in [2.45, 2.75) is 12.8 Å². The van der Waals surface area contributed by atoms with Crippen LogP contribution < -0.4 is 5.32 Å². The van der Waals surface area contributed by atoms with Gasteiger partial charge in [-0.1, -0.05) is 15.9 Å². The average molecular weight is 296 g/mol. The number of carbonyl (C=O) groups excluding carboxylic acids is 1. The number of carbonyl (C=O) groups is 1. The van der Waals surface area contributed by atoms with Gasteiger partial charge in [-0.3, -0.25) is 4.79 Å². The van der Waals surface area contributed by atoms with E-state index in [4.69, 9.17) is 0 Å². The van der Waals surface area contributed by atoms with E-state index in [1.165, 1.54) is 12.1 Å². The third kappa shape index (κ3) is 3.84. The van der Waals surface area contributed by atoms with Crippen molar-refractivity contribution in [3.63, 3.8) is 0 Å². The van der Waals surface area contributed by atoms with E-state index in [0.717, 1.165) is 6.07 Å². The number of hydrogen-bond acceptors (Lipinski definition) is 1. The molecule has 0 aliphatic heterocycles. The highest BCUT2D eigenvalue weighted by atomic mass is 79.9. The molecule has 0 spiro atoms. The fraction of sp³-hybridized carbons (Fsp3) is 0.300. The Morgan fingerprint density at radius 1 is 1.50 bits per heavy atom. The molecule has 1 aromatic rings. The van der Waals surface area contributed by atoms with Gasteiger partial charge in [-0.25, -0.2) is 13.2 Å². The van der Waals surface area contributed by atoms with Gasteiger partial charge in [0, 0.05) is 11.4 Å². The largest absolute Gasteiger partial charge is 0.346 e. The number of benzene rings is 1. The summed E-state index contributed by atoms with van der Waals surface area (Å²) in [6.45, 7) is -0.146. The van der Waals surface area contributed by atoms with E-state index in [-0.39, 0.29) is 5.56 Å². The van der Waals surface area contributed by atoms with Crippen LogP contribution in [0, 0.1) is 5.82 Å². The number of hydrogen-bond donors (Lipinski definition) is 1. The molecule has 6 heteroatoms. The summed E-state index contributed by atoms with van der Waals surface area (Å²) in [6, 6.07) is 3.78. The molecular weight excluding hydrogens is 287 g/mol. The Kier molecular flexibility index (Phi) is 3.96. The van der Waals surface area contributed by atoms with Crippen LogP contribution in [0.3, 0.4) is 0 Å². The molecular formula is C10H9BrF3NO. The monoisotopic (exact) mass is 295 g/mol. The van der Waals surface area contributed by atoms with Crippen molar-refractivity contribution in [2.24, 2.45) is 0 Å². The van der Waals surface area contributed by atoms with Gasteiger partial charge in [-0.05, 0) is 18.2 Å². The molecule has 0 radical (unpaired) electrons. The summed E-state index contributed by atoms with van der Waals surface area (Å²) < 4.78 is 38.6. The molecule has 0 unspecified atom stereocenters. The summed E-state index contributed by atoms with van der Waals surface area (Å²) in [4.78, 5) is 11.3. The molecule has 0 saturated carbocycles. The van der Waals surface area contributed by atoms with E-state index in [2.05, 4.69) is 15.9 Å². The first-order valence-corrected chi connectivity index (χ1v) is 5.20. The maximum atomic E-state index is 13.2. The number of amides is 1. The normalized spacial score (nSPS) is 11.3. The molecule has 2 nitrogen and oxygen atoms in total. The molecule has 0 fully saturated rings. The Morgan fingerprint density at radius 2 is 2.12 bits per heavy atom. The summed E-state index contributed by atoms with van der Waals surface area (Å²) in [5, 5.41) is 1.95. The Bertz CT molecular complexity index is 404. The molecule has 0 aliphatic carbocycles. The van der Waals surface area contributed by atoms with Gasteiger partial charge < -0.3 is 5.32 Å². The zero-order chi connectivity index (χ0) is 12.3. The van der Waals surface area contributed by atoms with Crippen molar-refractivity contribution in [1.82, 2.24) is 5.32 Å². The molecule has 0 bridgehead atoms. The highest BCUT2D eigenvalue weighted by Gasteiger charge is 2.22. The van der Waals surface area contributed by atoms with Crippen molar-refractivity contribution in [1.29, 1.82) is 0 Å². The molecule has 0 aliphatic rings. The first-order chi connectivity index (χ1) is 7.29. The smallest absolute Gasteiger partial charge is 0.262 e. The molecule has 88 valence electrons. The Labute approximate surface area is 99.0 Å². The second-order valence-electron chi connectivity index (χ2n) is 3.38. The predicted octanol–water partition coefficient (Wildman–Crippen LogP) is 2.97. The van der Waals surface area contributed by atoms with Crippen molar-refractivity contribution < 1.29 is 18.0 Å². The number of nitrogens with one attached hydrogen (secondary N) is 1. The van der Waals surface area contributed by atoms with Gasteiger partial charge in [0.15, 0.2) is 0 Å². The van der Waals surface area contributed by atoms with Crippen LogP contribution in [0.2, 0.25) is 0 Å². The van der Waals surface area contributed by atoms with Gasteiger partial charge in [-0.2, -0.15) is 0 Å². The van der Waals surface area contributed by atoms with Crippen LogP contribution in [-0.2, 0) is 0 Å². The first kappa shape index (κ1) is 13.0. The summed E-state index contributed by atoms with van der Waals surface area (Å²) in [6.07, 6.45) is 0. The average Bonchev–Trinajstić information content (AvgIpc) is 2.13. The minimum Gasteiger partial charge on any atom is -0.346 e. The molecule has 1 aromatic carbocycles.